The van der Waals surface area contributed by atoms with Crippen LogP contribution in [0, 0.1) is 0 Å². The second kappa shape index (κ2) is 5.41. The quantitative estimate of drug-likeness (QED) is 0.921. The molecule has 0 saturated carbocycles. The summed E-state index contributed by atoms with van der Waals surface area (Å²) in [7, 11) is 0. The zero-order valence-electron chi connectivity index (χ0n) is 11.3. The van der Waals surface area contributed by atoms with Gasteiger partial charge in [0.25, 0.3) is 0 Å². The second-order valence-electron chi connectivity index (χ2n) is 5.53. The highest BCUT2D eigenvalue weighted by atomic mass is 32.1. The molecule has 1 atom stereocenters. The largest absolute Gasteiger partial charge is 0.481 e. The molecule has 0 bridgehead atoms. The Balaban J connectivity index is 1.95. The normalized spacial score (nSPS) is 21.4. The van der Waals surface area contributed by atoms with Crippen molar-refractivity contribution in [1.29, 1.82) is 0 Å². The first-order chi connectivity index (χ1) is 9.72. The molecule has 1 aliphatic rings. The van der Waals surface area contributed by atoms with Gasteiger partial charge in [0, 0.05) is 0 Å². The standard InChI is InChI=1S/C17H18O2S/c18-16(19)17(10-7-13-8-11-20-12-13)9-3-5-14-4-1-2-6-15(14)17/h1-2,4,6,8,11-12H,3,5,7,9-10H2,(H,18,19). The first-order valence-corrected chi connectivity index (χ1v) is 7.99. The van der Waals surface area contributed by atoms with Crippen LogP contribution >= 0.6 is 11.3 Å². The maximum atomic E-state index is 12.0. The minimum absolute atomic E-state index is 0.667. The molecule has 3 heteroatoms. The summed E-state index contributed by atoms with van der Waals surface area (Å²) in [5.41, 5.74) is 2.80. The number of carboxylic acids is 1. The summed E-state index contributed by atoms with van der Waals surface area (Å²) in [6, 6.07) is 10.2. The summed E-state index contributed by atoms with van der Waals surface area (Å²) in [4.78, 5) is 12.0. The van der Waals surface area contributed by atoms with Crippen molar-refractivity contribution in [3.8, 4) is 0 Å². The van der Waals surface area contributed by atoms with Crippen LogP contribution < -0.4 is 0 Å². The molecule has 0 saturated heterocycles. The summed E-state index contributed by atoms with van der Waals surface area (Å²) in [5, 5.41) is 14.0. The average Bonchev–Trinajstić information content (AvgIpc) is 2.98. The number of thiophene rings is 1. The number of hydrogen-bond acceptors (Lipinski definition) is 2. The number of aryl methyl sites for hydroxylation is 2. The van der Waals surface area contributed by atoms with E-state index < -0.39 is 11.4 Å². The van der Waals surface area contributed by atoms with E-state index in [-0.39, 0.29) is 0 Å². The highest BCUT2D eigenvalue weighted by Gasteiger charge is 2.42. The van der Waals surface area contributed by atoms with Crippen molar-refractivity contribution in [2.75, 3.05) is 0 Å². The maximum absolute atomic E-state index is 12.0. The van der Waals surface area contributed by atoms with E-state index in [1.54, 1.807) is 11.3 Å². The smallest absolute Gasteiger partial charge is 0.314 e. The third-order valence-electron chi connectivity index (χ3n) is 4.41. The van der Waals surface area contributed by atoms with Gasteiger partial charge in [-0.05, 0) is 65.6 Å². The van der Waals surface area contributed by atoms with Crippen LogP contribution in [0.2, 0.25) is 0 Å². The first kappa shape index (κ1) is 13.4. The van der Waals surface area contributed by atoms with Crippen molar-refractivity contribution in [3.05, 3.63) is 57.8 Å². The van der Waals surface area contributed by atoms with Gasteiger partial charge in [0.1, 0.15) is 0 Å². The van der Waals surface area contributed by atoms with Crippen molar-refractivity contribution < 1.29 is 9.90 Å². The van der Waals surface area contributed by atoms with Gasteiger partial charge in [-0.1, -0.05) is 24.3 Å². The molecule has 20 heavy (non-hydrogen) atoms. The molecule has 1 aliphatic carbocycles. The Morgan fingerprint density at radius 1 is 1.30 bits per heavy atom. The molecule has 0 aliphatic heterocycles. The Labute approximate surface area is 123 Å². The van der Waals surface area contributed by atoms with Gasteiger partial charge in [0.2, 0.25) is 0 Å². The topological polar surface area (TPSA) is 37.3 Å². The minimum atomic E-state index is -0.698. The number of fused-ring (bicyclic) bond motifs is 1. The molecule has 0 fully saturated rings. The summed E-state index contributed by atoms with van der Waals surface area (Å²) < 4.78 is 0. The predicted molar refractivity (Wildman–Crippen MR) is 81.3 cm³/mol. The van der Waals surface area contributed by atoms with E-state index in [0.29, 0.717) is 6.42 Å². The lowest BCUT2D eigenvalue weighted by atomic mass is 9.67. The predicted octanol–water partition coefficient (Wildman–Crippen LogP) is 4.04. The fraction of sp³-hybridized carbons (Fsp3) is 0.353. The number of carbonyl (C=O) groups is 1. The number of benzene rings is 1. The van der Waals surface area contributed by atoms with Crippen LogP contribution in [-0.2, 0) is 23.1 Å². The lowest BCUT2D eigenvalue weighted by Gasteiger charge is -2.35. The van der Waals surface area contributed by atoms with Gasteiger partial charge < -0.3 is 5.11 Å². The van der Waals surface area contributed by atoms with Crippen LogP contribution in [0.15, 0.2) is 41.1 Å². The Morgan fingerprint density at radius 3 is 2.90 bits per heavy atom. The molecule has 1 heterocycles. The van der Waals surface area contributed by atoms with Crippen molar-refractivity contribution >= 4 is 17.3 Å². The van der Waals surface area contributed by atoms with Crippen LogP contribution in [-0.4, -0.2) is 11.1 Å². The van der Waals surface area contributed by atoms with Crippen LogP contribution in [0.25, 0.3) is 0 Å². The monoisotopic (exact) mass is 286 g/mol. The number of hydrogen-bond donors (Lipinski definition) is 1. The van der Waals surface area contributed by atoms with Crippen LogP contribution in [0.4, 0.5) is 0 Å². The van der Waals surface area contributed by atoms with E-state index in [0.717, 1.165) is 31.2 Å². The summed E-state index contributed by atoms with van der Waals surface area (Å²) >= 11 is 1.67. The third kappa shape index (κ3) is 2.27. The number of carboxylic acid groups (broad SMARTS) is 1. The van der Waals surface area contributed by atoms with Gasteiger partial charge in [0.15, 0.2) is 0 Å². The van der Waals surface area contributed by atoms with Crippen molar-refractivity contribution in [2.45, 2.75) is 37.5 Å². The minimum Gasteiger partial charge on any atom is -0.481 e. The molecular weight excluding hydrogens is 268 g/mol. The lowest BCUT2D eigenvalue weighted by Crippen LogP contribution is -2.39. The van der Waals surface area contributed by atoms with Crippen molar-refractivity contribution in [2.24, 2.45) is 0 Å². The number of aliphatic carboxylic acids is 1. The zero-order chi connectivity index (χ0) is 14.0. The summed E-state index contributed by atoms with van der Waals surface area (Å²) in [6.45, 7) is 0. The van der Waals surface area contributed by atoms with Gasteiger partial charge in [0.05, 0.1) is 5.41 Å². The zero-order valence-corrected chi connectivity index (χ0v) is 12.2. The summed E-state index contributed by atoms with van der Waals surface area (Å²) in [6.07, 6.45) is 4.25. The van der Waals surface area contributed by atoms with E-state index in [2.05, 4.69) is 22.9 Å². The molecule has 2 aromatic rings. The molecule has 0 radical (unpaired) electrons. The SMILES string of the molecule is O=C(O)C1(CCc2ccsc2)CCCc2ccccc21. The van der Waals surface area contributed by atoms with Gasteiger partial charge in [-0.2, -0.15) is 11.3 Å². The van der Waals surface area contributed by atoms with Crippen molar-refractivity contribution in [1.82, 2.24) is 0 Å². The molecule has 0 spiro atoms. The molecule has 1 N–H and O–H groups in total. The molecule has 1 unspecified atom stereocenters. The molecule has 1 aromatic heterocycles. The van der Waals surface area contributed by atoms with Gasteiger partial charge in [-0.25, -0.2) is 0 Å². The maximum Gasteiger partial charge on any atom is 0.314 e. The van der Waals surface area contributed by atoms with Crippen LogP contribution in [0.5, 0.6) is 0 Å². The first-order valence-electron chi connectivity index (χ1n) is 7.05. The van der Waals surface area contributed by atoms with Crippen LogP contribution in [0.3, 0.4) is 0 Å². The van der Waals surface area contributed by atoms with Gasteiger partial charge >= 0.3 is 5.97 Å². The van der Waals surface area contributed by atoms with E-state index in [9.17, 15) is 9.90 Å². The summed E-state index contributed by atoms with van der Waals surface area (Å²) in [5.74, 6) is -0.667. The Hall–Kier alpha value is -1.61. The lowest BCUT2D eigenvalue weighted by molar-refractivity contribution is -0.144. The van der Waals surface area contributed by atoms with E-state index in [1.165, 1.54) is 11.1 Å². The fourth-order valence-corrected chi connectivity index (χ4v) is 4.00. The molecule has 1 aromatic carbocycles. The van der Waals surface area contributed by atoms with Crippen LogP contribution in [0.1, 0.15) is 36.0 Å². The van der Waals surface area contributed by atoms with Gasteiger partial charge in [-0.3, -0.25) is 4.79 Å². The molecule has 3 rings (SSSR count). The Morgan fingerprint density at radius 2 is 2.15 bits per heavy atom. The highest BCUT2D eigenvalue weighted by Crippen LogP contribution is 2.41. The Bertz CT molecular complexity index is 603. The number of rotatable bonds is 4. The molecule has 104 valence electrons. The van der Waals surface area contributed by atoms with E-state index in [4.69, 9.17) is 0 Å². The van der Waals surface area contributed by atoms with Gasteiger partial charge in [-0.15, -0.1) is 0 Å². The average molecular weight is 286 g/mol. The second-order valence-corrected chi connectivity index (χ2v) is 6.31. The Kier molecular flexibility index (Phi) is 3.62. The van der Waals surface area contributed by atoms with Crippen molar-refractivity contribution in [3.63, 3.8) is 0 Å². The third-order valence-corrected chi connectivity index (χ3v) is 5.14. The van der Waals surface area contributed by atoms with E-state index in [1.807, 2.05) is 18.2 Å². The molecular formula is C17H18O2S. The van der Waals surface area contributed by atoms with E-state index >= 15 is 0 Å². The highest BCUT2D eigenvalue weighted by molar-refractivity contribution is 7.07. The molecule has 0 amide bonds. The molecule has 2 nitrogen and oxygen atoms in total. The fourth-order valence-electron chi connectivity index (χ4n) is 3.30.